The summed E-state index contributed by atoms with van der Waals surface area (Å²) in [4.78, 5) is 10.3. The van der Waals surface area contributed by atoms with E-state index >= 15 is 0 Å². The summed E-state index contributed by atoms with van der Waals surface area (Å²) in [5.74, 6) is 0. The fraction of sp³-hybridized carbons (Fsp3) is 0.200. The number of rotatable bonds is 3. The second kappa shape index (κ2) is 4.40. The van der Waals surface area contributed by atoms with E-state index in [4.69, 9.17) is 5.26 Å². The van der Waals surface area contributed by atoms with Crippen LogP contribution in [0.25, 0.3) is 10.9 Å². The lowest BCUT2D eigenvalue weighted by molar-refractivity contribution is -0.383. The van der Waals surface area contributed by atoms with E-state index in [9.17, 15) is 20.3 Å². The lowest BCUT2D eigenvalue weighted by Gasteiger charge is -2.11. The van der Waals surface area contributed by atoms with Crippen LogP contribution < -0.4 is 0 Å². The Kier molecular flexibility index (Phi) is 2.93. The van der Waals surface area contributed by atoms with Crippen LogP contribution in [0.15, 0.2) is 18.3 Å². The number of aliphatic hydroxyl groups excluding tert-OH is 2. The molecule has 2 unspecified atom stereocenters. The van der Waals surface area contributed by atoms with Gasteiger partial charge in [0.15, 0.2) is 6.10 Å². The van der Waals surface area contributed by atoms with Gasteiger partial charge in [-0.05, 0) is 11.6 Å². The number of benzene rings is 1. The van der Waals surface area contributed by atoms with Crippen LogP contribution in [0.1, 0.15) is 11.7 Å². The fourth-order valence-electron chi connectivity index (χ4n) is 1.63. The maximum atomic E-state index is 10.9. The zero-order chi connectivity index (χ0) is 13.3. The van der Waals surface area contributed by atoms with Crippen molar-refractivity contribution in [2.75, 3.05) is 0 Å². The summed E-state index contributed by atoms with van der Waals surface area (Å²) in [5, 5.41) is 44.8. The molecular weight excluding hydrogens is 240 g/mol. The molecule has 1 aromatic carbocycles. The second-order valence-electron chi connectivity index (χ2n) is 3.65. The zero-order valence-electron chi connectivity index (χ0n) is 8.94. The van der Waals surface area contributed by atoms with Crippen LogP contribution in [0.4, 0.5) is 5.69 Å². The van der Waals surface area contributed by atoms with Gasteiger partial charge in [-0.25, -0.2) is 0 Å². The molecule has 1 heterocycles. The first-order valence-electron chi connectivity index (χ1n) is 4.91. The number of aromatic amines is 1. The molecule has 8 nitrogen and oxygen atoms in total. The highest BCUT2D eigenvalue weighted by Gasteiger charge is 2.23. The lowest BCUT2D eigenvalue weighted by Crippen LogP contribution is -2.15. The molecule has 0 aliphatic heterocycles. The monoisotopic (exact) mass is 248 g/mol. The van der Waals surface area contributed by atoms with Crippen molar-refractivity contribution in [3.63, 3.8) is 0 Å². The van der Waals surface area contributed by atoms with Crippen LogP contribution in [0, 0.1) is 21.4 Å². The molecule has 18 heavy (non-hydrogen) atoms. The third-order valence-corrected chi connectivity index (χ3v) is 2.53. The van der Waals surface area contributed by atoms with E-state index < -0.39 is 17.1 Å². The molecule has 0 bridgehead atoms. The minimum absolute atomic E-state index is 0.0764. The Labute approximate surface area is 100 Å². The molecule has 8 heteroatoms. The first-order valence-corrected chi connectivity index (χ1v) is 4.91. The van der Waals surface area contributed by atoms with Crippen LogP contribution in [0.2, 0.25) is 0 Å². The molecule has 0 aliphatic rings. The number of nitrogens with zero attached hydrogens (tertiary/aromatic N) is 3. The van der Waals surface area contributed by atoms with Crippen LogP contribution in [-0.2, 0) is 0 Å². The SMILES string of the molecule is N#CC(O)C(O)c1cc([N+](=O)[O-])c2cn[nH]c2c1. The first-order chi connectivity index (χ1) is 8.54. The Morgan fingerprint density at radius 1 is 1.50 bits per heavy atom. The molecule has 3 N–H and O–H groups in total. The number of aromatic nitrogens is 2. The average Bonchev–Trinajstić information content (AvgIpc) is 2.83. The van der Waals surface area contributed by atoms with Gasteiger partial charge in [0.05, 0.1) is 28.1 Å². The highest BCUT2D eigenvalue weighted by Crippen LogP contribution is 2.29. The molecule has 0 amide bonds. The Morgan fingerprint density at radius 2 is 2.22 bits per heavy atom. The molecule has 1 aromatic heterocycles. The Balaban J connectivity index is 2.60. The summed E-state index contributed by atoms with van der Waals surface area (Å²) in [6.07, 6.45) is -1.86. The molecule has 0 spiro atoms. The largest absolute Gasteiger partial charge is 0.385 e. The van der Waals surface area contributed by atoms with Crippen LogP contribution in [0.5, 0.6) is 0 Å². The zero-order valence-corrected chi connectivity index (χ0v) is 8.94. The highest BCUT2D eigenvalue weighted by molar-refractivity contribution is 5.88. The third-order valence-electron chi connectivity index (χ3n) is 2.53. The number of non-ortho nitro benzene ring substituents is 1. The number of hydrogen-bond donors (Lipinski definition) is 3. The summed E-state index contributed by atoms with van der Waals surface area (Å²) >= 11 is 0. The normalized spacial score (nSPS) is 14.1. The van der Waals surface area contributed by atoms with Gasteiger partial charge in [0.2, 0.25) is 0 Å². The first kappa shape index (κ1) is 12.0. The Bertz CT molecular complexity index is 645. The van der Waals surface area contributed by atoms with E-state index in [0.717, 1.165) is 6.07 Å². The summed E-state index contributed by atoms with van der Waals surface area (Å²) in [6.45, 7) is 0. The van der Waals surface area contributed by atoms with Crippen molar-refractivity contribution >= 4 is 16.6 Å². The highest BCUT2D eigenvalue weighted by atomic mass is 16.6. The molecule has 0 fully saturated rings. The van der Waals surface area contributed by atoms with E-state index in [0.29, 0.717) is 10.9 Å². The van der Waals surface area contributed by atoms with Crippen LogP contribution >= 0.6 is 0 Å². The fourth-order valence-corrected chi connectivity index (χ4v) is 1.63. The van der Waals surface area contributed by atoms with Gasteiger partial charge in [0.25, 0.3) is 5.69 Å². The number of H-pyrrole nitrogens is 1. The minimum Gasteiger partial charge on any atom is -0.385 e. The molecule has 0 saturated heterocycles. The summed E-state index contributed by atoms with van der Waals surface area (Å²) < 4.78 is 0. The van der Waals surface area contributed by atoms with E-state index in [1.807, 2.05) is 0 Å². The molecule has 2 aromatic rings. The van der Waals surface area contributed by atoms with Gasteiger partial charge in [0.1, 0.15) is 6.10 Å². The van der Waals surface area contributed by atoms with Crippen molar-refractivity contribution in [1.29, 1.82) is 5.26 Å². The van der Waals surface area contributed by atoms with Crippen LogP contribution in [-0.4, -0.2) is 31.4 Å². The lowest BCUT2D eigenvalue weighted by atomic mass is 10.0. The van der Waals surface area contributed by atoms with Crippen molar-refractivity contribution in [1.82, 2.24) is 10.2 Å². The standard InChI is InChI=1S/C10H8N4O4/c11-3-9(15)10(16)5-1-7-6(4-12-13-7)8(2-5)14(17)18/h1-2,4,9-10,15-16H,(H,12,13). The minimum atomic E-state index is -1.65. The van der Waals surface area contributed by atoms with Crippen molar-refractivity contribution in [2.45, 2.75) is 12.2 Å². The molecule has 0 saturated carbocycles. The number of nitro groups is 1. The average molecular weight is 248 g/mol. The van der Waals surface area contributed by atoms with Crippen molar-refractivity contribution in [2.24, 2.45) is 0 Å². The smallest absolute Gasteiger partial charge is 0.280 e. The van der Waals surface area contributed by atoms with Gasteiger partial charge in [-0.3, -0.25) is 15.2 Å². The number of nitro benzene ring substituents is 1. The number of hydrogen-bond acceptors (Lipinski definition) is 6. The second-order valence-corrected chi connectivity index (χ2v) is 3.65. The molecule has 2 atom stereocenters. The number of nitriles is 1. The van der Waals surface area contributed by atoms with Gasteiger partial charge < -0.3 is 10.2 Å². The van der Waals surface area contributed by atoms with Crippen LogP contribution in [0.3, 0.4) is 0 Å². The maximum absolute atomic E-state index is 10.9. The van der Waals surface area contributed by atoms with Gasteiger partial charge in [0, 0.05) is 6.07 Å². The molecular formula is C10H8N4O4. The Morgan fingerprint density at radius 3 is 2.83 bits per heavy atom. The molecule has 0 radical (unpaired) electrons. The summed E-state index contributed by atoms with van der Waals surface area (Å²) in [7, 11) is 0. The predicted octanol–water partition coefficient (Wildman–Crippen LogP) is 0.389. The van der Waals surface area contributed by atoms with Crippen molar-refractivity contribution in [3.05, 3.63) is 34.0 Å². The maximum Gasteiger partial charge on any atom is 0.280 e. The van der Waals surface area contributed by atoms with E-state index in [2.05, 4.69) is 10.2 Å². The van der Waals surface area contributed by atoms with Gasteiger partial charge in [-0.1, -0.05) is 0 Å². The summed E-state index contributed by atoms with van der Waals surface area (Å²) in [6, 6.07) is 3.98. The van der Waals surface area contributed by atoms with Gasteiger partial charge in [-0.2, -0.15) is 10.4 Å². The molecule has 0 aliphatic carbocycles. The van der Waals surface area contributed by atoms with E-state index in [1.165, 1.54) is 18.3 Å². The number of nitrogens with one attached hydrogen (secondary N) is 1. The summed E-state index contributed by atoms with van der Waals surface area (Å²) in [5.41, 5.74) is 0.177. The van der Waals surface area contributed by atoms with Crippen molar-refractivity contribution < 1.29 is 15.1 Å². The number of fused-ring (bicyclic) bond motifs is 1. The number of aliphatic hydroxyl groups is 2. The predicted molar refractivity (Wildman–Crippen MR) is 59.3 cm³/mol. The van der Waals surface area contributed by atoms with Crippen molar-refractivity contribution in [3.8, 4) is 6.07 Å². The van der Waals surface area contributed by atoms with E-state index in [1.54, 1.807) is 0 Å². The molecule has 92 valence electrons. The van der Waals surface area contributed by atoms with Gasteiger partial charge >= 0.3 is 0 Å². The quantitative estimate of drug-likeness (QED) is 0.408. The Hall–Kier alpha value is -2.50. The molecule has 2 rings (SSSR count). The van der Waals surface area contributed by atoms with Gasteiger partial charge in [-0.15, -0.1) is 0 Å². The third kappa shape index (κ3) is 1.88. The van der Waals surface area contributed by atoms with E-state index in [-0.39, 0.29) is 11.3 Å². The topological polar surface area (TPSA) is 136 Å².